The van der Waals surface area contributed by atoms with Gasteiger partial charge in [-0.25, -0.2) is 0 Å². The van der Waals surface area contributed by atoms with Crippen LogP contribution in [-0.4, -0.2) is 12.4 Å². The van der Waals surface area contributed by atoms with E-state index < -0.39 is 5.76 Å². The molecule has 2 aromatic rings. The second kappa shape index (κ2) is 7.93. The number of thioether (sulfide) groups is 1. The molecule has 1 heterocycles. The normalized spacial score (nSPS) is 10.9. The first-order chi connectivity index (χ1) is 10.2. The molecule has 3 nitrogen and oxygen atoms in total. The third-order valence-electron chi connectivity index (χ3n) is 2.71. The first-order valence-corrected chi connectivity index (χ1v) is 7.67. The molecule has 1 N–H and O–H groups in total. The molecule has 0 spiro atoms. The lowest BCUT2D eigenvalue weighted by atomic mass is 10.3. The zero-order valence-corrected chi connectivity index (χ0v) is 12.5. The molecular weight excluding hydrogens is 296 g/mol. The maximum Gasteiger partial charge on any atom is 0.284 e. The van der Waals surface area contributed by atoms with Gasteiger partial charge in [-0.3, -0.25) is 0 Å². The molecule has 0 aliphatic carbocycles. The summed E-state index contributed by atoms with van der Waals surface area (Å²) in [6.45, 7) is 2.99. The molecule has 0 amide bonds. The SMILES string of the molecule is CCOc1ccccc1NCc1ccc(CSC(F)F)o1. The van der Waals surface area contributed by atoms with E-state index in [1.54, 1.807) is 12.1 Å². The van der Waals surface area contributed by atoms with Crippen LogP contribution in [0.4, 0.5) is 14.5 Å². The zero-order valence-electron chi connectivity index (χ0n) is 11.6. The zero-order chi connectivity index (χ0) is 15.1. The van der Waals surface area contributed by atoms with Crippen molar-refractivity contribution in [2.45, 2.75) is 25.0 Å². The summed E-state index contributed by atoms with van der Waals surface area (Å²) in [6.07, 6.45) is 0. The van der Waals surface area contributed by atoms with Gasteiger partial charge in [-0.1, -0.05) is 23.9 Å². The lowest BCUT2D eigenvalue weighted by molar-refractivity contribution is 0.251. The highest BCUT2D eigenvalue weighted by Crippen LogP contribution is 2.25. The number of benzene rings is 1. The number of hydrogen-bond donors (Lipinski definition) is 1. The molecule has 114 valence electrons. The predicted molar refractivity (Wildman–Crippen MR) is 80.9 cm³/mol. The number of anilines is 1. The lowest BCUT2D eigenvalue weighted by Crippen LogP contribution is -2.01. The van der Waals surface area contributed by atoms with Crippen molar-refractivity contribution in [3.63, 3.8) is 0 Å². The summed E-state index contributed by atoms with van der Waals surface area (Å²) < 4.78 is 35.2. The summed E-state index contributed by atoms with van der Waals surface area (Å²) in [7, 11) is 0. The second-order valence-corrected chi connectivity index (χ2v) is 5.20. The molecule has 1 aromatic carbocycles. The maximum absolute atomic E-state index is 12.1. The molecule has 0 fully saturated rings. The highest BCUT2D eigenvalue weighted by Gasteiger charge is 2.08. The van der Waals surface area contributed by atoms with Gasteiger partial charge in [-0.15, -0.1) is 0 Å². The fraction of sp³-hybridized carbons (Fsp3) is 0.333. The Labute approximate surface area is 126 Å². The van der Waals surface area contributed by atoms with Crippen LogP contribution in [-0.2, 0) is 12.3 Å². The summed E-state index contributed by atoms with van der Waals surface area (Å²) in [5.41, 5.74) is 0.874. The summed E-state index contributed by atoms with van der Waals surface area (Å²) in [6, 6.07) is 11.1. The van der Waals surface area contributed by atoms with Crippen LogP contribution in [0.15, 0.2) is 40.8 Å². The summed E-state index contributed by atoms with van der Waals surface area (Å²) >= 11 is 0.554. The van der Waals surface area contributed by atoms with E-state index >= 15 is 0 Å². The van der Waals surface area contributed by atoms with Crippen LogP contribution in [0, 0.1) is 0 Å². The first kappa shape index (κ1) is 15.7. The molecule has 0 aliphatic rings. The van der Waals surface area contributed by atoms with Gasteiger partial charge in [0.1, 0.15) is 17.3 Å². The first-order valence-electron chi connectivity index (χ1n) is 6.62. The van der Waals surface area contributed by atoms with E-state index in [1.807, 2.05) is 31.2 Å². The number of furan rings is 1. The quantitative estimate of drug-likeness (QED) is 0.763. The monoisotopic (exact) mass is 313 g/mol. The van der Waals surface area contributed by atoms with Crippen molar-refractivity contribution in [1.82, 2.24) is 0 Å². The number of alkyl halides is 2. The molecule has 21 heavy (non-hydrogen) atoms. The topological polar surface area (TPSA) is 34.4 Å². The van der Waals surface area contributed by atoms with Gasteiger partial charge in [0.25, 0.3) is 5.76 Å². The van der Waals surface area contributed by atoms with E-state index in [9.17, 15) is 8.78 Å². The fourth-order valence-corrected chi connectivity index (χ4v) is 2.26. The van der Waals surface area contributed by atoms with Gasteiger partial charge in [0, 0.05) is 0 Å². The average molecular weight is 313 g/mol. The molecule has 0 bridgehead atoms. The Kier molecular flexibility index (Phi) is 5.92. The van der Waals surface area contributed by atoms with Crippen LogP contribution in [0.1, 0.15) is 18.4 Å². The molecule has 2 rings (SSSR count). The number of ether oxygens (including phenoxy) is 1. The lowest BCUT2D eigenvalue weighted by Gasteiger charge is -2.11. The van der Waals surface area contributed by atoms with Crippen LogP contribution < -0.4 is 10.1 Å². The van der Waals surface area contributed by atoms with Crippen LogP contribution in [0.25, 0.3) is 0 Å². The minimum Gasteiger partial charge on any atom is -0.492 e. The van der Waals surface area contributed by atoms with E-state index in [1.165, 1.54) is 0 Å². The summed E-state index contributed by atoms with van der Waals surface area (Å²) in [4.78, 5) is 0. The Bertz CT molecular complexity index is 560. The van der Waals surface area contributed by atoms with Gasteiger partial charge in [0.2, 0.25) is 0 Å². The molecule has 0 saturated carbocycles. The van der Waals surface area contributed by atoms with Crippen molar-refractivity contribution < 1.29 is 17.9 Å². The Hall–Kier alpha value is -1.69. The molecule has 0 radical (unpaired) electrons. The summed E-state index contributed by atoms with van der Waals surface area (Å²) in [5.74, 6) is -0.177. The Morgan fingerprint density at radius 3 is 2.71 bits per heavy atom. The van der Waals surface area contributed by atoms with E-state index in [4.69, 9.17) is 9.15 Å². The van der Waals surface area contributed by atoms with Gasteiger partial charge in [-0.2, -0.15) is 8.78 Å². The largest absolute Gasteiger partial charge is 0.492 e. The van der Waals surface area contributed by atoms with Crippen molar-refractivity contribution in [2.24, 2.45) is 0 Å². The van der Waals surface area contributed by atoms with Gasteiger partial charge < -0.3 is 14.5 Å². The molecule has 0 atom stereocenters. The van der Waals surface area contributed by atoms with Crippen molar-refractivity contribution in [3.8, 4) is 5.75 Å². The Balaban J connectivity index is 1.91. The molecule has 6 heteroatoms. The minimum absolute atomic E-state index is 0.174. The van der Waals surface area contributed by atoms with Gasteiger partial charge in [0.05, 0.1) is 24.6 Å². The molecule has 0 aliphatic heterocycles. The van der Waals surface area contributed by atoms with Crippen LogP contribution >= 0.6 is 11.8 Å². The van der Waals surface area contributed by atoms with E-state index in [-0.39, 0.29) is 5.75 Å². The summed E-state index contributed by atoms with van der Waals surface area (Å²) in [5, 5.41) is 3.22. The number of rotatable bonds is 8. The average Bonchev–Trinajstić information content (AvgIpc) is 2.92. The molecule has 0 unspecified atom stereocenters. The Morgan fingerprint density at radius 1 is 1.19 bits per heavy atom. The molecular formula is C15H17F2NO2S. The standard InChI is InChI=1S/C15H17F2NO2S/c1-2-19-14-6-4-3-5-13(14)18-9-11-7-8-12(20-11)10-21-15(16)17/h3-8,15,18H,2,9-10H2,1H3. The van der Waals surface area contributed by atoms with Gasteiger partial charge in [-0.05, 0) is 31.2 Å². The van der Waals surface area contributed by atoms with Crippen molar-refractivity contribution in [1.29, 1.82) is 0 Å². The number of hydrogen-bond acceptors (Lipinski definition) is 4. The van der Waals surface area contributed by atoms with Crippen LogP contribution in [0.5, 0.6) is 5.75 Å². The van der Waals surface area contributed by atoms with E-state index in [0.29, 0.717) is 36.4 Å². The highest BCUT2D eigenvalue weighted by atomic mass is 32.2. The van der Waals surface area contributed by atoms with Gasteiger partial charge >= 0.3 is 0 Å². The van der Waals surface area contributed by atoms with Gasteiger partial charge in [0.15, 0.2) is 0 Å². The van der Waals surface area contributed by atoms with Crippen molar-refractivity contribution in [3.05, 3.63) is 47.9 Å². The third-order valence-corrected chi connectivity index (χ3v) is 3.41. The van der Waals surface area contributed by atoms with Crippen LogP contribution in [0.3, 0.4) is 0 Å². The third kappa shape index (κ3) is 4.97. The Morgan fingerprint density at radius 2 is 1.95 bits per heavy atom. The number of halogens is 2. The number of para-hydroxylation sites is 2. The highest BCUT2D eigenvalue weighted by molar-refractivity contribution is 7.98. The van der Waals surface area contributed by atoms with E-state index in [0.717, 1.165) is 11.4 Å². The van der Waals surface area contributed by atoms with E-state index in [2.05, 4.69) is 5.32 Å². The fourth-order valence-electron chi connectivity index (χ4n) is 1.82. The molecule has 0 saturated heterocycles. The van der Waals surface area contributed by atoms with Crippen molar-refractivity contribution >= 4 is 17.4 Å². The predicted octanol–water partition coefficient (Wildman–Crippen LogP) is 4.75. The second-order valence-electron chi connectivity index (χ2n) is 4.22. The minimum atomic E-state index is -2.38. The number of nitrogens with one attached hydrogen (secondary N) is 1. The van der Waals surface area contributed by atoms with Crippen molar-refractivity contribution in [2.75, 3.05) is 11.9 Å². The maximum atomic E-state index is 12.1. The molecule has 1 aromatic heterocycles. The smallest absolute Gasteiger partial charge is 0.284 e. The van der Waals surface area contributed by atoms with Crippen LogP contribution in [0.2, 0.25) is 0 Å².